The molecular weight excluding hydrogens is 293 g/mol. The van der Waals surface area contributed by atoms with Gasteiger partial charge in [-0.2, -0.15) is 0 Å². The first-order chi connectivity index (χ1) is 7.47. The number of aliphatic hydroxyl groups excluding tert-OH is 1. The molecule has 0 bridgehead atoms. The lowest BCUT2D eigenvalue weighted by Crippen LogP contribution is -2.37. The average molecular weight is 307 g/mol. The topological polar surface area (TPSA) is 40.5 Å². The first kappa shape index (κ1) is 13.5. The molecule has 0 radical (unpaired) electrons. The predicted octanol–water partition coefficient (Wildman–Crippen LogP) is 2.56. The monoisotopic (exact) mass is 305 g/mol. The number of rotatable bonds is 3. The van der Waals surface area contributed by atoms with E-state index in [0.717, 1.165) is 4.47 Å². The number of carbonyl (C=O) groups excluding carboxylic acids is 1. The fraction of sp³-hybridized carbons (Fsp3) is 0.364. The highest BCUT2D eigenvalue weighted by atomic mass is 79.9. The Morgan fingerprint density at radius 1 is 1.62 bits per heavy atom. The third kappa shape index (κ3) is 2.97. The normalized spacial score (nSPS) is 12.3. The number of nitrogens with zero attached hydrogens (tertiary/aromatic N) is 1. The molecule has 1 rings (SSSR count). The van der Waals surface area contributed by atoms with Crippen molar-refractivity contribution in [1.29, 1.82) is 0 Å². The van der Waals surface area contributed by atoms with Gasteiger partial charge in [-0.1, -0.05) is 11.6 Å². The Balaban J connectivity index is 2.92. The lowest BCUT2D eigenvalue weighted by atomic mass is 10.2. The minimum absolute atomic E-state index is 0.0630. The van der Waals surface area contributed by atoms with Crippen LogP contribution in [-0.4, -0.2) is 35.6 Å². The van der Waals surface area contributed by atoms with E-state index in [4.69, 9.17) is 16.7 Å². The maximum atomic E-state index is 11.9. The second-order valence-electron chi connectivity index (χ2n) is 3.58. The van der Waals surface area contributed by atoms with Gasteiger partial charge >= 0.3 is 0 Å². The van der Waals surface area contributed by atoms with Crippen molar-refractivity contribution in [3.8, 4) is 0 Å². The molecule has 3 nitrogen and oxygen atoms in total. The second kappa shape index (κ2) is 5.66. The maximum absolute atomic E-state index is 11.9. The molecule has 1 N–H and O–H groups in total. The van der Waals surface area contributed by atoms with Gasteiger partial charge in [0.2, 0.25) is 0 Å². The lowest BCUT2D eigenvalue weighted by Gasteiger charge is -2.23. The van der Waals surface area contributed by atoms with Crippen LogP contribution in [0.4, 0.5) is 0 Å². The molecule has 0 spiro atoms. The van der Waals surface area contributed by atoms with Gasteiger partial charge in [0.25, 0.3) is 5.91 Å². The fourth-order valence-electron chi connectivity index (χ4n) is 1.16. The zero-order valence-electron chi connectivity index (χ0n) is 9.08. The summed E-state index contributed by atoms with van der Waals surface area (Å²) in [5.74, 6) is -0.157. The van der Waals surface area contributed by atoms with Crippen LogP contribution in [0.3, 0.4) is 0 Å². The van der Waals surface area contributed by atoms with Gasteiger partial charge in [0.15, 0.2) is 0 Å². The summed E-state index contributed by atoms with van der Waals surface area (Å²) in [6.07, 6.45) is 0. The van der Waals surface area contributed by atoms with Crippen LogP contribution < -0.4 is 0 Å². The van der Waals surface area contributed by atoms with E-state index in [1.165, 1.54) is 4.90 Å². The predicted molar refractivity (Wildman–Crippen MR) is 67.8 cm³/mol. The van der Waals surface area contributed by atoms with Crippen molar-refractivity contribution in [3.05, 3.63) is 33.3 Å². The summed E-state index contributed by atoms with van der Waals surface area (Å²) in [7, 11) is 1.65. The van der Waals surface area contributed by atoms with E-state index in [1.54, 1.807) is 32.2 Å². The van der Waals surface area contributed by atoms with Crippen LogP contribution in [0.5, 0.6) is 0 Å². The quantitative estimate of drug-likeness (QED) is 0.932. The number of hydrogen-bond acceptors (Lipinski definition) is 2. The van der Waals surface area contributed by atoms with Crippen molar-refractivity contribution >= 4 is 33.4 Å². The minimum Gasteiger partial charge on any atom is -0.394 e. The van der Waals surface area contributed by atoms with Crippen molar-refractivity contribution in [2.75, 3.05) is 13.7 Å². The molecule has 0 fully saturated rings. The summed E-state index contributed by atoms with van der Waals surface area (Å²) in [6.45, 7) is 1.71. The van der Waals surface area contributed by atoms with Gasteiger partial charge in [-0.25, -0.2) is 0 Å². The SMILES string of the molecule is CC(CO)N(C)C(=O)c1ccc(Br)c(Cl)c1. The third-order valence-corrected chi connectivity index (χ3v) is 3.64. The Bertz CT molecular complexity index is 398. The van der Waals surface area contributed by atoms with E-state index < -0.39 is 0 Å². The molecule has 0 heterocycles. The molecule has 88 valence electrons. The number of likely N-dealkylation sites (N-methyl/N-ethyl adjacent to an activating group) is 1. The standard InChI is InChI=1S/C11H13BrClNO2/c1-7(6-15)14(2)11(16)8-3-4-9(12)10(13)5-8/h3-5,7,15H,6H2,1-2H3. The number of aliphatic hydroxyl groups is 1. The Kier molecular flexibility index (Phi) is 4.77. The van der Waals surface area contributed by atoms with Gasteiger partial charge in [-0.15, -0.1) is 0 Å². The van der Waals surface area contributed by atoms with Crippen molar-refractivity contribution in [3.63, 3.8) is 0 Å². The average Bonchev–Trinajstić information content (AvgIpc) is 2.29. The summed E-state index contributed by atoms with van der Waals surface area (Å²) in [5, 5.41) is 9.47. The van der Waals surface area contributed by atoms with E-state index in [-0.39, 0.29) is 18.6 Å². The molecule has 1 unspecified atom stereocenters. The molecule has 1 aromatic carbocycles. The van der Waals surface area contributed by atoms with Crippen molar-refractivity contribution in [2.24, 2.45) is 0 Å². The maximum Gasteiger partial charge on any atom is 0.253 e. The highest BCUT2D eigenvalue weighted by molar-refractivity contribution is 9.10. The lowest BCUT2D eigenvalue weighted by molar-refractivity contribution is 0.0682. The van der Waals surface area contributed by atoms with Crippen molar-refractivity contribution in [2.45, 2.75) is 13.0 Å². The van der Waals surface area contributed by atoms with Gasteiger partial charge in [0, 0.05) is 17.1 Å². The Morgan fingerprint density at radius 2 is 2.25 bits per heavy atom. The van der Waals surface area contributed by atoms with Gasteiger partial charge in [0.05, 0.1) is 17.7 Å². The molecule has 0 saturated heterocycles. The zero-order valence-corrected chi connectivity index (χ0v) is 11.4. The van der Waals surface area contributed by atoms with E-state index in [9.17, 15) is 4.79 Å². The van der Waals surface area contributed by atoms with Gasteiger partial charge in [-0.3, -0.25) is 4.79 Å². The van der Waals surface area contributed by atoms with Crippen LogP contribution >= 0.6 is 27.5 Å². The minimum atomic E-state index is -0.213. The molecule has 1 atom stereocenters. The first-order valence-corrected chi connectivity index (χ1v) is 5.97. The molecule has 0 aliphatic rings. The molecule has 1 aromatic rings. The Hall–Kier alpha value is -0.580. The smallest absolute Gasteiger partial charge is 0.253 e. The van der Waals surface area contributed by atoms with E-state index in [1.807, 2.05) is 0 Å². The van der Waals surface area contributed by atoms with Gasteiger partial charge in [-0.05, 0) is 41.1 Å². The highest BCUT2D eigenvalue weighted by Crippen LogP contribution is 2.23. The van der Waals surface area contributed by atoms with Crippen LogP contribution in [0.25, 0.3) is 0 Å². The molecule has 0 aromatic heterocycles. The van der Waals surface area contributed by atoms with Crippen molar-refractivity contribution < 1.29 is 9.90 Å². The van der Waals surface area contributed by atoms with Crippen molar-refractivity contribution in [1.82, 2.24) is 4.90 Å². The highest BCUT2D eigenvalue weighted by Gasteiger charge is 2.17. The van der Waals surface area contributed by atoms with Crippen LogP contribution in [0.1, 0.15) is 17.3 Å². The first-order valence-electron chi connectivity index (χ1n) is 4.80. The summed E-state index contributed by atoms with van der Waals surface area (Å²) >= 11 is 9.17. The van der Waals surface area contributed by atoms with Crippen LogP contribution in [0, 0.1) is 0 Å². The van der Waals surface area contributed by atoms with Crippen LogP contribution in [0.2, 0.25) is 5.02 Å². The number of carbonyl (C=O) groups is 1. The molecule has 0 aliphatic heterocycles. The number of amides is 1. The van der Waals surface area contributed by atoms with Crippen LogP contribution in [0.15, 0.2) is 22.7 Å². The molecule has 16 heavy (non-hydrogen) atoms. The zero-order chi connectivity index (χ0) is 12.3. The number of benzene rings is 1. The summed E-state index contributed by atoms with van der Waals surface area (Å²) in [6, 6.07) is 4.82. The molecule has 0 aliphatic carbocycles. The third-order valence-electron chi connectivity index (χ3n) is 2.41. The van der Waals surface area contributed by atoms with Crippen LogP contribution in [-0.2, 0) is 0 Å². The van der Waals surface area contributed by atoms with Gasteiger partial charge < -0.3 is 10.0 Å². The molecule has 0 saturated carbocycles. The largest absolute Gasteiger partial charge is 0.394 e. The molecule has 5 heteroatoms. The van der Waals surface area contributed by atoms with E-state index >= 15 is 0 Å². The van der Waals surface area contributed by atoms with Gasteiger partial charge in [0.1, 0.15) is 0 Å². The molecular formula is C11H13BrClNO2. The number of halogens is 2. The summed E-state index contributed by atoms with van der Waals surface area (Å²) < 4.78 is 0.753. The fourth-order valence-corrected chi connectivity index (χ4v) is 1.58. The second-order valence-corrected chi connectivity index (χ2v) is 4.84. The van der Waals surface area contributed by atoms with E-state index in [2.05, 4.69) is 15.9 Å². The summed E-state index contributed by atoms with van der Waals surface area (Å²) in [4.78, 5) is 13.4. The Labute approximate surface area is 108 Å². The Morgan fingerprint density at radius 3 is 2.75 bits per heavy atom. The molecule has 1 amide bonds. The number of hydrogen-bond donors (Lipinski definition) is 1. The van der Waals surface area contributed by atoms with E-state index in [0.29, 0.717) is 10.6 Å². The summed E-state index contributed by atoms with van der Waals surface area (Å²) in [5.41, 5.74) is 0.510.